The van der Waals surface area contributed by atoms with Crippen LogP contribution < -0.4 is 5.32 Å². The predicted molar refractivity (Wildman–Crippen MR) is 79.4 cm³/mol. The van der Waals surface area contributed by atoms with Gasteiger partial charge < -0.3 is 10.2 Å². The highest BCUT2D eigenvalue weighted by molar-refractivity contribution is 6.33. The standard InChI is InChI=1S/C15H22ClFN2/c1-11(2)19-8-3-4-13(7-9-19)18-15-10-12(17)5-6-14(15)16/h5-6,10-11,13,18H,3-4,7-9H2,1-2H3. The molecule has 1 aromatic rings. The molecule has 0 aromatic heterocycles. The molecule has 1 saturated heterocycles. The molecule has 1 N–H and O–H groups in total. The molecule has 1 aromatic carbocycles. The molecule has 0 aliphatic carbocycles. The summed E-state index contributed by atoms with van der Waals surface area (Å²) in [5.41, 5.74) is 0.713. The first-order chi connectivity index (χ1) is 9.06. The molecule has 19 heavy (non-hydrogen) atoms. The summed E-state index contributed by atoms with van der Waals surface area (Å²) in [6, 6.07) is 5.45. The van der Waals surface area contributed by atoms with E-state index in [1.807, 2.05) is 0 Å². The highest BCUT2D eigenvalue weighted by Gasteiger charge is 2.19. The molecule has 0 bridgehead atoms. The number of anilines is 1. The Bertz CT molecular complexity index is 423. The lowest BCUT2D eigenvalue weighted by Crippen LogP contribution is -2.32. The van der Waals surface area contributed by atoms with Gasteiger partial charge in [0.2, 0.25) is 0 Å². The van der Waals surface area contributed by atoms with Gasteiger partial charge in [-0.2, -0.15) is 0 Å². The zero-order valence-electron chi connectivity index (χ0n) is 11.6. The molecule has 1 heterocycles. The van der Waals surface area contributed by atoms with E-state index >= 15 is 0 Å². The van der Waals surface area contributed by atoms with Gasteiger partial charge in [-0.05, 0) is 57.9 Å². The molecular formula is C15H22ClFN2. The molecule has 0 saturated carbocycles. The van der Waals surface area contributed by atoms with Crippen LogP contribution in [0.2, 0.25) is 5.02 Å². The van der Waals surface area contributed by atoms with Crippen LogP contribution in [0.4, 0.5) is 10.1 Å². The highest BCUT2D eigenvalue weighted by atomic mass is 35.5. The third kappa shape index (κ3) is 4.08. The summed E-state index contributed by atoms with van der Waals surface area (Å²) in [5.74, 6) is -0.246. The average molecular weight is 285 g/mol. The predicted octanol–water partition coefficient (Wildman–Crippen LogP) is 4.15. The maximum absolute atomic E-state index is 13.2. The van der Waals surface area contributed by atoms with E-state index in [1.165, 1.54) is 18.6 Å². The van der Waals surface area contributed by atoms with Gasteiger partial charge in [0, 0.05) is 18.6 Å². The van der Waals surface area contributed by atoms with Crippen LogP contribution in [-0.4, -0.2) is 30.1 Å². The van der Waals surface area contributed by atoms with E-state index in [0.717, 1.165) is 25.9 Å². The van der Waals surface area contributed by atoms with Crippen LogP contribution in [0, 0.1) is 5.82 Å². The molecule has 0 spiro atoms. The second kappa shape index (κ2) is 6.58. The number of rotatable bonds is 3. The summed E-state index contributed by atoms with van der Waals surface area (Å²) in [4.78, 5) is 2.49. The first-order valence-electron chi connectivity index (χ1n) is 7.02. The Hall–Kier alpha value is -0.800. The van der Waals surface area contributed by atoms with Crippen LogP contribution in [0.15, 0.2) is 18.2 Å². The monoisotopic (exact) mass is 284 g/mol. The Balaban J connectivity index is 1.98. The maximum Gasteiger partial charge on any atom is 0.125 e. The molecule has 0 amide bonds. The van der Waals surface area contributed by atoms with E-state index in [-0.39, 0.29) is 5.82 Å². The Labute approximate surface area is 119 Å². The molecule has 1 atom stereocenters. The molecule has 1 aliphatic heterocycles. The summed E-state index contributed by atoms with van der Waals surface area (Å²) in [6.45, 7) is 6.70. The van der Waals surface area contributed by atoms with Crippen molar-refractivity contribution in [3.8, 4) is 0 Å². The summed E-state index contributed by atoms with van der Waals surface area (Å²) in [5, 5.41) is 3.98. The Morgan fingerprint density at radius 2 is 2.11 bits per heavy atom. The number of hydrogen-bond acceptors (Lipinski definition) is 2. The van der Waals surface area contributed by atoms with Crippen LogP contribution >= 0.6 is 11.6 Å². The molecule has 1 unspecified atom stereocenters. The minimum absolute atomic E-state index is 0.246. The smallest absolute Gasteiger partial charge is 0.125 e. The summed E-state index contributed by atoms with van der Waals surface area (Å²) in [7, 11) is 0. The van der Waals surface area contributed by atoms with E-state index in [9.17, 15) is 4.39 Å². The maximum atomic E-state index is 13.2. The normalized spacial score (nSPS) is 21.4. The molecule has 106 valence electrons. The van der Waals surface area contributed by atoms with E-state index in [0.29, 0.717) is 22.8 Å². The topological polar surface area (TPSA) is 15.3 Å². The number of hydrogen-bond donors (Lipinski definition) is 1. The molecule has 2 rings (SSSR count). The summed E-state index contributed by atoms with van der Waals surface area (Å²) in [6.07, 6.45) is 3.35. The second-order valence-corrected chi connectivity index (χ2v) is 5.93. The number of benzene rings is 1. The van der Waals surface area contributed by atoms with Crippen LogP contribution in [0.5, 0.6) is 0 Å². The Morgan fingerprint density at radius 1 is 1.32 bits per heavy atom. The number of nitrogens with zero attached hydrogens (tertiary/aromatic N) is 1. The van der Waals surface area contributed by atoms with Gasteiger partial charge in [-0.15, -0.1) is 0 Å². The zero-order chi connectivity index (χ0) is 13.8. The Kier molecular flexibility index (Phi) is 5.06. The molecular weight excluding hydrogens is 263 g/mol. The zero-order valence-corrected chi connectivity index (χ0v) is 12.4. The minimum Gasteiger partial charge on any atom is -0.381 e. The fourth-order valence-corrected chi connectivity index (χ4v) is 2.78. The van der Waals surface area contributed by atoms with Gasteiger partial charge >= 0.3 is 0 Å². The number of likely N-dealkylation sites (tertiary alicyclic amines) is 1. The van der Waals surface area contributed by atoms with Gasteiger partial charge in [0.1, 0.15) is 5.82 Å². The molecule has 0 radical (unpaired) electrons. The second-order valence-electron chi connectivity index (χ2n) is 5.53. The van der Waals surface area contributed by atoms with E-state index < -0.39 is 0 Å². The van der Waals surface area contributed by atoms with E-state index in [1.54, 1.807) is 6.07 Å². The highest BCUT2D eigenvalue weighted by Crippen LogP contribution is 2.25. The number of nitrogens with one attached hydrogen (secondary N) is 1. The third-order valence-electron chi connectivity index (χ3n) is 3.78. The lowest BCUT2D eigenvalue weighted by atomic mass is 10.1. The van der Waals surface area contributed by atoms with Gasteiger partial charge in [-0.1, -0.05) is 11.6 Å². The van der Waals surface area contributed by atoms with Crippen molar-refractivity contribution in [2.24, 2.45) is 0 Å². The van der Waals surface area contributed by atoms with Crippen molar-refractivity contribution in [1.82, 2.24) is 4.90 Å². The van der Waals surface area contributed by atoms with Crippen molar-refractivity contribution < 1.29 is 4.39 Å². The van der Waals surface area contributed by atoms with Gasteiger partial charge in [0.05, 0.1) is 10.7 Å². The lowest BCUT2D eigenvalue weighted by molar-refractivity contribution is 0.230. The van der Waals surface area contributed by atoms with Crippen LogP contribution in [0.1, 0.15) is 33.1 Å². The fourth-order valence-electron chi connectivity index (χ4n) is 2.61. The quantitative estimate of drug-likeness (QED) is 0.897. The fraction of sp³-hybridized carbons (Fsp3) is 0.600. The molecule has 1 aliphatic rings. The summed E-state index contributed by atoms with van der Waals surface area (Å²) >= 11 is 6.10. The average Bonchev–Trinajstić information content (AvgIpc) is 2.59. The first kappa shape index (κ1) is 14.6. The van der Waals surface area contributed by atoms with Gasteiger partial charge in [0.25, 0.3) is 0 Å². The van der Waals surface area contributed by atoms with E-state index in [2.05, 4.69) is 24.1 Å². The lowest BCUT2D eigenvalue weighted by Gasteiger charge is -2.24. The van der Waals surface area contributed by atoms with Crippen LogP contribution in [-0.2, 0) is 0 Å². The van der Waals surface area contributed by atoms with E-state index in [4.69, 9.17) is 11.6 Å². The van der Waals surface area contributed by atoms with Crippen molar-refractivity contribution in [2.45, 2.75) is 45.2 Å². The minimum atomic E-state index is -0.246. The molecule has 4 heteroatoms. The van der Waals surface area contributed by atoms with Crippen molar-refractivity contribution in [3.05, 3.63) is 29.0 Å². The van der Waals surface area contributed by atoms with Gasteiger partial charge in [-0.3, -0.25) is 0 Å². The van der Waals surface area contributed by atoms with Crippen molar-refractivity contribution in [2.75, 3.05) is 18.4 Å². The largest absolute Gasteiger partial charge is 0.381 e. The van der Waals surface area contributed by atoms with Crippen molar-refractivity contribution in [1.29, 1.82) is 0 Å². The third-order valence-corrected chi connectivity index (χ3v) is 4.11. The molecule has 1 fully saturated rings. The Morgan fingerprint density at radius 3 is 2.84 bits per heavy atom. The van der Waals surface area contributed by atoms with Crippen LogP contribution in [0.25, 0.3) is 0 Å². The van der Waals surface area contributed by atoms with Crippen molar-refractivity contribution in [3.63, 3.8) is 0 Å². The first-order valence-corrected chi connectivity index (χ1v) is 7.39. The summed E-state index contributed by atoms with van der Waals surface area (Å²) < 4.78 is 13.2. The van der Waals surface area contributed by atoms with Gasteiger partial charge in [-0.25, -0.2) is 4.39 Å². The van der Waals surface area contributed by atoms with Crippen molar-refractivity contribution >= 4 is 17.3 Å². The SMILES string of the molecule is CC(C)N1CCCC(Nc2cc(F)ccc2Cl)CC1. The number of halogens is 2. The van der Waals surface area contributed by atoms with Gasteiger partial charge in [0.15, 0.2) is 0 Å². The molecule has 2 nitrogen and oxygen atoms in total. The van der Waals surface area contributed by atoms with Crippen LogP contribution in [0.3, 0.4) is 0 Å².